The largest absolute Gasteiger partial charge is 0.491 e. The van der Waals surface area contributed by atoms with Crippen LogP contribution in [0.5, 0.6) is 11.5 Å². The molecule has 0 aliphatic rings. The zero-order chi connectivity index (χ0) is 21.5. The lowest BCUT2D eigenvalue weighted by atomic mass is 10.2. The average molecular weight is 428 g/mol. The standard InChI is InChI=1S/C22H22ClN3O4/c1-15-7-3-5-9-19(15)29-12-11-26(2)22-24-13-16(21(27)28)18(25-22)14-30-20-10-6-4-8-17(20)23/h3-10,13H,11-12,14H2,1-2H3,(H,27,28). The number of hydrogen-bond acceptors (Lipinski definition) is 6. The van der Waals surface area contributed by atoms with E-state index in [-0.39, 0.29) is 17.9 Å². The van der Waals surface area contributed by atoms with Gasteiger partial charge < -0.3 is 19.5 Å². The second-order valence-corrected chi connectivity index (χ2v) is 7.00. The van der Waals surface area contributed by atoms with Crippen molar-refractivity contribution in [1.29, 1.82) is 0 Å². The first-order valence-electron chi connectivity index (χ1n) is 9.32. The third-order valence-corrected chi connectivity index (χ3v) is 4.72. The number of carboxylic acids is 1. The Morgan fingerprint density at radius 1 is 1.10 bits per heavy atom. The monoisotopic (exact) mass is 427 g/mol. The van der Waals surface area contributed by atoms with Gasteiger partial charge in [-0.3, -0.25) is 0 Å². The fourth-order valence-electron chi connectivity index (χ4n) is 2.70. The van der Waals surface area contributed by atoms with Crippen molar-refractivity contribution in [3.63, 3.8) is 0 Å². The number of para-hydroxylation sites is 2. The van der Waals surface area contributed by atoms with Crippen LogP contribution >= 0.6 is 11.6 Å². The molecule has 0 saturated carbocycles. The van der Waals surface area contributed by atoms with Crippen LogP contribution in [-0.4, -0.2) is 41.2 Å². The number of carboxylic acid groups (broad SMARTS) is 1. The highest BCUT2D eigenvalue weighted by Gasteiger charge is 2.16. The van der Waals surface area contributed by atoms with Crippen molar-refractivity contribution in [2.45, 2.75) is 13.5 Å². The topological polar surface area (TPSA) is 84.8 Å². The van der Waals surface area contributed by atoms with Gasteiger partial charge in [0.25, 0.3) is 0 Å². The Balaban J connectivity index is 1.68. The lowest BCUT2D eigenvalue weighted by Gasteiger charge is -2.19. The fourth-order valence-corrected chi connectivity index (χ4v) is 2.89. The number of carbonyl (C=O) groups is 1. The number of likely N-dealkylation sites (N-methyl/N-ethyl adjacent to an activating group) is 1. The number of nitrogens with zero attached hydrogens (tertiary/aromatic N) is 3. The molecule has 7 nitrogen and oxygen atoms in total. The van der Waals surface area contributed by atoms with Crippen molar-refractivity contribution >= 4 is 23.5 Å². The van der Waals surface area contributed by atoms with Crippen LogP contribution in [0.15, 0.2) is 54.7 Å². The summed E-state index contributed by atoms with van der Waals surface area (Å²) in [6, 6.07) is 14.8. The number of hydrogen-bond donors (Lipinski definition) is 1. The van der Waals surface area contributed by atoms with E-state index in [0.717, 1.165) is 11.3 Å². The van der Waals surface area contributed by atoms with Gasteiger partial charge in [-0.25, -0.2) is 14.8 Å². The Morgan fingerprint density at radius 2 is 1.80 bits per heavy atom. The summed E-state index contributed by atoms with van der Waals surface area (Å²) in [5, 5.41) is 9.88. The molecule has 3 rings (SSSR count). The molecule has 1 heterocycles. The van der Waals surface area contributed by atoms with Crippen molar-refractivity contribution in [2.75, 3.05) is 25.1 Å². The third-order valence-electron chi connectivity index (χ3n) is 4.41. The maximum atomic E-state index is 11.5. The summed E-state index contributed by atoms with van der Waals surface area (Å²) in [7, 11) is 1.82. The molecule has 0 fully saturated rings. The SMILES string of the molecule is Cc1ccccc1OCCN(C)c1ncc(C(=O)O)c(COc2ccccc2Cl)n1. The van der Waals surface area contributed by atoms with E-state index in [2.05, 4.69) is 9.97 Å². The molecule has 0 bridgehead atoms. The summed E-state index contributed by atoms with van der Waals surface area (Å²) < 4.78 is 11.5. The molecule has 0 aliphatic carbocycles. The number of rotatable bonds is 9. The van der Waals surface area contributed by atoms with E-state index < -0.39 is 5.97 Å². The van der Waals surface area contributed by atoms with Crippen molar-refractivity contribution in [3.05, 3.63) is 76.6 Å². The van der Waals surface area contributed by atoms with Crippen molar-refractivity contribution < 1.29 is 19.4 Å². The normalized spacial score (nSPS) is 10.5. The molecule has 0 unspecified atom stereocenters. The van der Waals surface area contributed by atoms with E-state index >= 15 is 0 Å². The van der Waals surface area contributed by atoms with Crippen LogP contribution in [0.2, 0.25) is 5.02 Å². The molecule has 0 atom stereocenters. The molecule has 0 aliphatic heterocycles. The number of ether oxygens (including phenoxy) is 2. The second-order valence-electron chi connectivity index (χ2n) is 6.59. The van der Waals surface area contributed by atoms with Crippen molar-refractivity contribution in [1.82, 2.24) is 9.97 Å². The first kappa shape index (κ1) is 21.4. The molecule has 8 heteroatoms. The van der Waals surface area contributed by atoms with Gasteiger partial charge in [0.1, 0.15) is 30.3 Å². The Labute approximate surface area is 179 Å². The minimum atomic E-state index is -1.12. The molecule has 3 aromatic rings. The summed E-state index contributed by atoms with van der Waals surface area (Å²) in [5.74, 6) is 0.536. The molecule has 156 valence electrons. The molecule has 2 aromatic carbocycles. The summed E-state index contributed by atoms with van der Waals surface area (Å²) in [6.07, 6.45) is 1.29. The zero-order valence-electron chi connectivity index (χ0n) is 16.7. The van der Waals surface area contributed by atoms with Crippen LogP contribution in [-0.2, 0) is 6.61 Å². The number of aromatic nitrogens is 2. The van der Waals surface area contributed by atoms with Gasteiger partial charge in [-0.1, -0.05) is 41.9 Å². The zero-order valence-corrected chi connectivity index (χ0v) is 17.5. The summed E-state index contributed by atoms with van der Waals surface area (Å²) in [5.41, 5.74) is 1.30. The average Bonchev–Trinajstić information content (AvgIpc) is 2.74. The minimum Gasteiger partial charge on any atom is -0.491 e. The van der Waals surface area contributed by atoms with Gasteiger partial charge in [-0.2, -0.15) is 0 Å². The van der Waals surface area contributed by atoms with Crippen LogP contribution in [0.4, 0.5) is 5.95 Å². The molecular weight excluding hydrogens is 406 g/mol. The van der Waals surface area contributed by atoms with E-state index in [4.69, 9.17) is 21.1 Å². The smallest absolute Gasteiger partial charge is 0.339 e. The van der Waals surface area contributed by atoms with Crippen LogP contribution < -0.4 is 14.4 Å². The van der Waals surface area contributed by atoms with Gasteiger partial charge >= 0.3 is 5.97 Å². The Hall–Kier alpha value is -3.32. The summed E-state index contributed by atoms with van der Waals surface area (Å²) in [4.78, 5) is 21.9. The van der Waals surface area contributed by atoms with E-state index in [0.29, 0.717) is 29.9 Å². The quantitative estimate of drug-likeness (QED) is 0.546. The van der Waals surface area contributed by atoms with Gasteiger partial charge in [0, 0.05) is 13.2 Å². The molecule has 0 amide bonds. The molecular formula is C22H22ClN3O4. The molecule has 0 radical (unpaired) electrons. The van der Waals surface area contributed by atoms with E-state index in [1.807, 2.05) is 38.2 Å². The maximum absolute atomic E-state index is 11.5. The first-order chi connectivity index (χ1) is 14.5. The van der Waals surface area contributed by atoms with Crippen LogP contribution in [0, 0.1) is 6.92 Å². The van der Waals surface area contributed by atoms with Gasteiger partial charge in [0.2, 0.25) is 5.95 Å². The van der Waals surface area contributed by atoms with Gasteiger partial charge in [-0.05, 0) is 30.7 Å². The molecule has 0 saturated heterocycles. The number of benzene rings is 2. The highest BCUT2D eigenvalue weighted by Crippen LogP contribution is 2.24. The highest BCUT2D eigenvalue weighted by molar-refractivity contribution is 6.32. The van der Waals surface area contributed by atoms with E-state index in [9.17, 15) is 9.90 Å². The van der Waals surface area contributed by atoms with Crippen LogP contribution in [0.1, 0.15) is 21.6 Å². The maximum Gasteiger partial charge on any atom is 0.339 e. The lowest BCUT2D eigenvalue weighted by molar-refractivity contribution is 0.0692. The second kappa shape index (κ2) is 9.93. The predicted molar refractivity (Wildman–Crippen MR) is 115 cm³/mol. The molecule has 0 spiro atoms. The molecule has 30 heavy (non-hydrogen) atoms. The van der Waals surface area contributed by atoms with Crippen molar-refractivity contribution in [2.24, 2.45) is 0 Å². The summed E-state index contributed by atoms with van der Waals surface area (Å²) in [6.45, 7) is 2.88. The number of aryl methyl sites for hydroxylation is 1. The summed E-state index contributed by atoms with van der Waals surface area (Å²) >= 11 is 6.10. The highest BCUT2D eigenvalue weighted by atomic mass is 35.5. The van der Waals surface area contributed by atoms with Gasteiger partial charge in [0.05, 0.1) is 17.3 Å². The van der Waals surface area contributed by atoms with E-state index in [1.54, 1.807) is 29.2 Å². The first-order valence-corrected chi connectivity index (χ1v) is 9.69. The fraction of sp³-hybridized carbons (Fsp3) is 0.227. The lowest BCUT2D eigenvalue weighted by Crippen LogP contribution is -2.26. The Bertz CT molecular complexity index is 1030. The van der Waals surface area contributed by atoms with Gasteiger partial charge in [0.15, 0.2) is 0 Å². The number of halogens is 1. The van der Waals surface area contributed by atoms with Crippen molar-refractivity contribution in [3.8, 4) is 11.5 Å². The number of aromatic carboxylic acids is 1. The molecule has 1 aromatic heterocycles. The Kier molecular flexibility index (Phi) is 7.08. The predicted octanol–water partition coefficient (Wildman–Crippen LogP) is 4.23. The van der Waals surface area contributed by atoms with E-state index in [1.165, 1.54) is 6.20 Å². The molecule has 1 N–H and O–H groups in total. The minimum absolute atomic E-state index is 0.0182. The van der Waals surface area contributed by atoms with Gasteiger partial charge in [-0.15, -0.1) is 0 Å². The number of anilines is 1. The van der Waals surface area contributed by atoms with Crippen LogP contribution in [0.25, 0.3) is 0 Å². The Morgan fingerprint density at radius 3 is 2.50 bits per heavy atom. The third kappa shape index (κ3) is 5.39. The van der Waals surface area contributed by atoms with Crippen LogP contribution in [0.3, 0.4) is 0 Å².